The van der Waals surface area contributed by atoms with Gasteiger partial charge in [-0.1, -0.05) is 30.3 Å². The molecule has 9 heavy (non-hydrogen) atoms. The lowest BCUT2D eigenvalue weighted by Crippen LogP contribution is -1.82. The van der Waals surface area contributed by atoms with E-state index in [-0.39, 0.29) is 30.1 Å². The van der Waals surface area contributed by atoms with Gasteiger partial charge in [0.1, 0.15) is 0 Å². The molecule has 1 rings (SSSR count). The van der Waals surface area contributed by atoms with E-state index < -0.39 is 0 Å². The minimum Gasteiger partial charge on any atom is -0.344 e. The zero-order valence-corrected chi connectivity index (χ0v) is 8.56. The Bertz CT molecular complexity index is 143. The van der Waals surface area contributed by atoms with E-state index in [1.165, 1.54) is 5.30 Å². The Morgan fingerprint density at radius 3 is 1.67 bits per heavy atom. The van der Waals surface area contributed by atoms with Gasteiger partial charge in [0, 0.05) is 0 Å². The molecule has 1 unspecified atom stereocenters. The van der Waals surface area contributed by atoms with Crippen LogP contribution in [0.15, 0.2) is 30.3 Å². The lowest BCUT2D eigenvalue weighted by molar-refractivity contribution is 1.78. The summed E-state index contributed by atoms with van der Waals surface area (Å²) >= 11 is 0. The summed E-state index contributed by atoms with van der Waals surface area (Å²) in [4.78, 5) is 0. The highest BCUT2D eigenvalue weighted by Gasteiger charge is 1.72. The standard InChI is InChI=1S/C6H7P.HI.H3N/c7-6-4-2-1-3-5-6;;/h1-5H,7H2;1H;1H3. The molecule has 1 aromatic rings. The lowest BCUT2D eigenvalue weighted by Gasteiger charge is -1.82. The fraction of sp³-hybridized carbons (Fsp3) is 0. The van der Waals surface area contributed by atoms with Crippen molar-refractivity contribution >= 4 is 38.5 Å². The highest BCUT2D eigenvalue weighted by Crippen LogP contribution is 1.86. The van der Waals surface area contributed by atoms with E-state index in [2.05, 4.69) is 9.24 Å². The van der Waals surface area contributed by atoms with E-state index in [0.717, 1.165) is 0 Å². The minimum absolute atomic E-state index is 0. The SMILES string of the molecule is I.N.Pc1ccccc1. The minimum atomic E-state index is 0. The fourth-order valence-electron chi connectivity index (χ4n) is 0.453. The topological polar surface area (TPSA) is 35.0 Å². The first-order chi connectivity index (χ1) is 3.39. The summed E-state index contributed by atoms with van der Waals surface area (Å²) in [5.41, 5.74) is 0. The van der Waals surface area contributed by atoms with Crippen LogP contribution in [0.3, 0.4) is 0 Å². The van der Waals surface area contributed by atoms with Gasteiger partial charge < -0.3 is 6.15 Å². The van der Waals surface area contributed by atoms with Crippen molar-refractivity contribution in [1.82, 2.24) is 6.15 Å². The largest absolute Gasteiger partial charge is 0.344 e. The molecular weight excluding hydrogens is 244 g/mol. The lowest BCUT2D eigenvalue weighted by atomic mass is 10.4. The van der Waals surface area contributed by atoms with Crippen LogP contribution < -0.4 is 11.5 Å². The zero-order valence-electron chi connectivity index (χ0n) is 5.08. The number of hydrogen-bond acceptors (Lipinski definition) is 1. The van der Waals surface area contributed by atoms with Crippen molar-refractivity contribution in [1.29, 1.82) is 0 Å². The second-order valence-corrected chi connectivity index (χ2v) is 2.08. The van der Waals surface area contributed by atoms with Crippen LogP contribution in [0.5, 0.6) is 0 Å². The van der Waals surface area contributed by atoms with Crippen molar-refractivity contribution < 1.29 is 0 Å². The van der Waals surface area contributed by atoms with Crippen molar-refractivity contribution in [3.63, 3.8) is 0 Å². The maximum Gasteiger partial charge on any atom is -0.0303 e. The van der Waals surface area contributed by atoms with Crippen LogP contribution in [0, 0.1) is 0 Å². The zero-order chi connectivity index (χ0) is 5.11. The molecule has 0 aliphatic carbocycles. The van der Waals surface area contributed by atoms with Gasteiger partial charge in [-0.15, -0.1) is 33.2 Å². The normalized spacial score (nSPS) is 6.78. The van der Waals surface area contributed by atoms with Crippen LogP contribution in [0.1, 0.15) is 0 Å². The molecule has 0 aliphatic rings. The highest BCUT2D eigenvalue weighted by molar-refractivity contribution is 14.0. The summed E-state index contributed by atoms with van der Waals surface area (Å²) in [6.07, 6.45) is 0. The Hall–Kier alpha value is 0.340. The second kappa shape index (κ2) is 6.46. The van der Waals surface area contributed by atoms with E-state index in [9.17, 15) is 0 Å². The second-order valence-electron chi connectivity index (χ2n) is 1.41. The molecule has 0 aromatic heterocycles. The molecule has 1 nitrogen and oxygen atoms in total. The quantitative estimate of drug-likeness (QED) is 0.558. The van der Waals surface area contributed by atoms with Crippen LogP contribution in [0.4, 0.5) is 0 Å². The monoisotopic (exact) mass is 255 g/mol. The fourth-order valence-corrected chi connectivity index (χ4v) is 0.675. The number of rotatable bonds is 0. The summed E-state index contributed by atoms with van der Waals surface area (Å²) in [7, 11) is 2.63. The van der Waals surface area contributed by atoms with E-state index >= 15 is 0 Å². The Balaban J connectivity index is 0. The molecule has 3 N–H and O–H groups in total. The van der Waals surface area contributed by atoms with Crippen LogP contribution >= 0.6 is 33.2 Å². The molecule has 0 spiro atoms. The van der Waals surface area contributed by atoms with Crippen LogP contribution in [-0.4, -0.2) is 0 Å². The molecular formula is C6H11INP. The Kier molecular flexibility index (Phi) is 8.66. The van der Waals surface area contributed by atoms with Gasteiger partial charge in [-0.25, -0.2) is 0 Å². The first-order valence-corrected chi connectivity index (χ1v) is 2.78. The molecule has 0 bridgehead atoms. The van der Waals surface area contributed by atoms with Crippen molar-refractivity contribution in [2.45, 2.75) is 0 Å². The maximum absolute atomic E-state index is 2.63. The predicted octanol–water partition coefficient (Wildman–Crippen LogP) is 1.97. The van der Waals surface area contributed by atoms with Gasteiger partial charge in [-0.05, 0) is 5.30 Å². The van der Waals surface area contributed by atoms with Crippen LogP contribution in [-0.2, 0) is 0 Å². The molecule has 0 saturated carbocycles. The molecule has 0 saturated heterocycles. The first-order valence-electron chi connectivity index (χ1n) is 2.20. The molecule has 1 atom stereocenters. The van der Waals surface area contributed by atoms with E-state index in [1.807, 2.05) is 30.3 Å². The van der Waals surface area contributed by atoms with Crippen LogP contribution in [0.25, 0.3) is 0 Å². The van der Waals surface area contributed by atoms with E-state index in [4.69, 9.17) is 0 Å². The number of halogens is 1. The Morgan fingerprint density at radius 1 is 1.00 bits per heavy atom. The summed E-state index contributed by atoms with van der Waals surface area (Å²) < 4.78 is 0. The molecule has 0 fully saturated rings. The van der Waals surface area contributed by atoms with Crippen LogP contribution in [0.2, 0.25) is 0 Å². The van der Waals surface area contributed by atoms with Crippen molar-refractivity contribution in [2.24, 2.45) is 0 Å². The highest BCUT2D eigenvalue weighted by atomic mass is 127. The molecule has 1 aromatic carbocycles. The summed E-state index contributed by atoms with van der Waals surface area (Å²) in [6, 6.07) is 10.1. The molecule has 52 valence electrons. The molecule has 0 amide bonds. The van der Waals surface area contributed by atoms with Gasteiger partial charge in [0.2, 0.25) is 0 Å². The average Bonchev–Trinajstić information content (AvgIpc) is 1.69. The predicted molar refractivity (Wildman–Crippen MR) is 56.2 cm³/mol. The number of hydrogen-bond donors (Lipinski definition) is 1. The molecule has 0 radical (unpaired) electrons. The summed E-state index contributed by atoms with van der Waals surface area (Å²) in [6.45, 7) is 0. The van der Waals surface area contributed by atoms with Gasteiger partial charge in [0.05, 0.1) is 0 Å². The third-order valence-electron chi connectivity index (χ3n) is 0.800. The van der Waals surface area contributed by atoms with Gasteiger partial charge in [0.15, 0.2) is 0 Å². The van der Waals surface area contributed by atoms with Crippen molar-refractivity contribution in [2.75, 3.05) is 0 Å². The summed E-state index contributed by atoms with van der Waals surface area (Å²) in [5, 5.41) is 1.24. The van der Waals surface area contributed by atoms with Gasteiger partial charge >= 0.3 is 0 Å². The molecule has 3 heteroatoms. The first kappa shape index (κ1) is 12.1. The third-order valence-corrected chi connectivity index (χ3v) is 1.18. The van der Waals surface area contributed by atoms with Gasteiger partial charge in [0.25, 0.3) is 0 Å². The van der Waals surface area contributed by atoms with Crippen molar-refractivity contribution in [3.8, 4) is 0 Å². The van der Waals surface area contributed by atoms with E-state index in [1.54, 1.807) is 0 Å². The van der Waals surface area contributed by atoms with Crippen molar-refractivity contribution in [3.05, 3.63) is 30.3 Å². The van der Waals surface area contributed by atoms with Gasteiger partial charge in [-0.2, -0.15) is 0 Å². The molecule has 0 aliphatic heterocycles. The Labute approximate surface area is 75.0 Å². The average molecular weight is 255 g/mol. The third kappa shape index (κ3) is 4.82. The maximum atomic E-state index is 2.63. The Morgan fingerprint density at radius 2 is 1.44 bits per heavy atom. The van der Waals surface area contributed by atoms with E-state index in [0.29, 0.717) is 0 Å². The summed E-state index contributed by atoms with van der Waals surface area (Å²) in [5.74, 6) is 0. The number of benzene rings is 1. The smallest absolute Gasteiger partial charge is 0.0303 e. The molecule has 0 heterocycles. The van der Waals surface area contributed by atoms with Gasteiger partial charge in [-0.3, -0.25) is 0 Å².